The van der Waals surface area contributed by atoms with Gasteiger partial charge in [-0.3, -0.25) is 9.59 Å². The molecular formula is C14H20N2O3. The van der Waals surface area contributed by atoms with Crippen LogP contribution in [-0.4, -0.2) is 29.3 Å². The maximum Gasteiger partial charge on any atom is 0.246 e. The summed E-state index contributed by atoms with van der Waals surface area (Å²) in [5, 5.41) is 2.82. The van der Waals surface area contributed by atoms with Gasteiger partial charge in [0.05, 0.1) is 12.5 Å². The van der Waals surface area contributed by atoms with Crippen LogP contribution in [0.4, 0.5) is 0 Å². The van der Waals surface area contributed by atoms with Crippen molar-refractivity contribution in [2.75, 3.05) is 6.54 Å². The highest BCUT2D eigenvalue weighted by atomic mass is 16.3. The predicted octanol–water partition coefficient (Wildman–Crippen LogP) is 1.54. The molecule has 0 spiro atoms. The summed E-state index contributed by atoms with van der Waals surface area (Å²) in [4.78, 5) is 26.0. The van der Waals surface area contributed by atoms with Gasteiger partial charge in [0, 0.05) is 25.1 Å². The number of carbonyl (C=O) groups is 2. The average Bonchev–Trinajstić information content (AvgIpc) is 2.77. The van der Waals surface area contributed by atoms with E-state index in [0.29, 0.717) is 19.5 Å². The lowest BCUT2D eigenvalue weighted by Crippen LogP contribution is -2.51. The number of rotatable bonds is 2. The van der Waals surface area contributed by atoms with Gasteiger partial charge in [-0.2, -0.15) is 0 Å². The summed E-state index contributed by atoms with van der Waals surface area (Å²) in [6.07, 6.45) is 3.55. The van der Waals surface area contributed by atoms with Gasteiger partial charge >= 0.3 is 0 Å². The molecule has 1 aliphatic heterocycles. The highest BCUT2D eigenvalue weighted by molar-refractivity contribution is 5.90. The number of hydrogen-bond acceptors (Lipinski definition) is 3. The van der Waals surface area contributed by atoms with Gasteiger partial charge in [-0.25, -0.2) is 0 Å². The molecule has 0 saturated carbocycles. The third-order valence-electron chi connectivity index (χ3n) is 3.29. The number of nitrogens with one attached hydrogen (secondary N) is 1. The highest BCUT2D eigenvalue weighted by Gasteiger charge is 2.37. The van der Waals surface area contributed by atoms with Gasteiger partial charge < -0.3 is 14.6 Å². The first kappa shape index (κ1) is 13.6. The van der Waals surface area contributed by atoms with Gasteiger partial charge in [0.2, 0.25) is 11.8 Å². The zero-order chi connectivity index (χ0) is 14.0. The summed E-state index contributed by atoms with van der Waals surface area (Å²) < 4.78 is 5.02. The molecule has 1 aromatic rings. The fourth-order valence-corrected chi connectivity index (χ4v) is 2.17. The van der Waals surface area contributed by atoms with Gasteiger partial charge in [0.25, 0.3) is 0 Å². The van der Waals surface area contributed by atoms with Gasteiger partial charge in [-0.05, 0) is 11.5 Å². The van der Waals surface area contributed by atoms with Crippen LogP contribution in [0.5, 0.6) is 0 Å². The van der Waals surface area contributed by atoms with Crippen molar-refractivity contribution in [3.8, 4) is 0 Å². The maximum absolute atomic E-state index is 12.5. The Morgan fingerprint density at radius 1 is 1.42 bits per heavy atom. The van der Waals surface area contributed by atoms with E-state index in [-0.39, 0.29) is 17.2 Å². The lowest BCUT2D eigenvalue weighted by atomic mass is 9.86. The largest absolute Gasteiger partial charge is 0.472 e. The standard InChI is InChI=1S/C14H20N2O3/c1-14(2,3)12-13(18)16(6-4-11(17)15-12)8-10-5-7-19-9-10/h5,7,9,12H,4,6,8H2,1-3H3,(H,15,17). The van der Waals surface area contributed by atoms with Crippen molar-refractivity contribution in [2.24, 2.45) is 5.41 Å². The van der Waals surface area contributed by atoms with Crippen LogP contribution in [0.1, 0.15) is 32.8 Å². The van der Waals surface area contributed by atoms with E-state index in [0.717, 1.165) is 5.56 Å². The zero-order valence-electron chi connectivity index (χ0n) is 11.6. The quantitative estimate of drug-likeness (QED) is 0.881. The van der Waals surface area contributed by atoms with Crippen LogP contribution in [0.3, 0.4) is 0 Å². The molecule has 1 N–H and O–H groups in total. The Bertz CT molecular complexity index is 460. The van der Waals surface area contributed by atoms with E-state index < -0.39 is 6.04 Å². The molecule has 5 nitrogen and oxygen atoms in total. The van der Waals surface area contributed by atoms with Crippen LogP contribution in [0, 0.1) is 5.41 Å². The van der Waals surface area contributed by atoms with Gasteiger partial charge in [-0.1, -0.05) is 20.8 Å². The molecule has 2 heterocycles. The summed E-state index contributed by atoms with van der Waals surface area (Å²) >= 11 is 0. The van der Waals surface area contributed by atoms with Gasteiger partial charge in [0.15, 0.2) is 0 Å². The Balaban J connectivity index is 2.19. The third-order valence-corrected chi connectivity index (χ3v) is 3.29. The number of hydrogen-bond donors (Lipinski definition) is 1. The molecule has 1 unspecified atom stereocenters. The van der Waals surface area contributed by atoms with E-state index in [1.165, 1.54) is 0 Å². The Kier molecular flexibility index (Phi) is 3.64. The number of amides is 2. The molecule has 104 valence electrons. The summed E-state index contributed by atoms with van der Waals surface area (Å²) in [5.41, 5.74) is 0.640. The summed E-state index contributed by atoms with van der Waals surface area (Å²) in [6, 6.07) is 1.36. The summed E-state index contributed by atoms with van der Waals surface area (Å²) in [5.74, 6) is -0.0949. The van der Waals surface area contributed by atoms with Crippen LogP contribution in [0.15, 0.2) is 23.0 Å². The van der Waals surface area contributed by atoms with E-state index >= 15 is 0 Å². The van der Waals surface area contributed by atoms with Crippen molar-refractivity contribution in [1.82, 2.24) is 10.2 Å². The van der Waals surface area contributed by atoms with Crippen LogP contribution in [-0.2, 0) is 16.1 Å². The Hall–Kier alpha value is -1.78. The second-order valence-corrected chi connectivity index (χ2v) is 6.01. The first-order valence-corrected chi connectivity index (χ1v) is 6.47. The van der Waals surface area contributed by atoms with Crippen molar-refractivity contribution in [1.29, 1.82) is 0 Å². The van der Waals surface area contributed by atoms with Crippen molar-refractivity contribution in [3.63, 3.8) is 0 Å². The van der Waals surface area contributed by atoms with Crippen LogP contribution >= 0.6 is 0 Å². The maximum atomic E-state index is 12.5. The molecule has 1 saturated heterocycles. The van der Waals surface area contributed by atoms with Gasteiger partial charge in [-0.15, -0.1) is 0 Å². The molecule has 1 fully saturated rings. The molecule has 0 aliphatic carbocycles. The van der Waals surface area contributed by atoms with E-state index in [4.69, 9.17) is 4.42 Å². The Morgan fingerprint density at radius 2 is 2.16 bits per heavy atom. The van der Waals surface area contributed by atoms with Crippen LogP contribution < -0.4 is 5.32 Å². The van der Waals surface area contributed by atoms with Crippen LogP contribution in [0.2, 0.25) is 0 Å². The Morgan fingerprint density at radius 3 is 2.74 bits per heavy atom. The second-order valence-electron chi connectivity index (χ2n) is 6.01. The topological polar surface area (TPSA) is 62.6 Å². The zero-order valence-corrected chi connectivity index (χ0v) is 11.6. The molecule has 1 atom stereocenters. The minimum atomic E-state index is -0.477. The predicted molar refractivity (Wildman–Crippen MR) is 70.1 cm³/mol. The lowest BCUT2D eigenvalue weighted by Gasteiger charge is -2.32. The molecule has 19 heavy (non-hydrogen) atoms. The summed E-state index contributed by atoms with van der Waals surface area (Å²) in [7, 11) is 0. The Labute approximate surface area is 113 Å². The smallest absolute Gasteiger partial charge is 0.246 e. The monoisotopic (exact) mass is 264 g/mol. The van der Waals surface area contributed by atoms with Crippen LogP contribution in [0.25, 0.3) is 0 Å². The molecular weight excluding hydrogens is 244 g/mol. The van der Waals surface area contributed by atoms with E-state index in [9.17, 15) is 9.59 Å². The number of nitrogens with zero attached hydrogens (tertiary/aromatic N) is 1. The molecule has 0 bridgehead atoms. The van der Waals surface area contributed by atoms with E-state index in [2.05, 4.69) is 5.32 Å². The van der Waals surface area contributed by atoms with E-state index in [1.54, 1.807) is 17.4 Å². The van der Waals surface area contributed by atoms with Crippen molar-refractivity contribution >= 4 is 11.8 Å². The molecule has 2 amide bonds. The number of furan rings is 1. The van der Waals surface area contributed by atoms with Gasteiger partial charge in [0.1, 0.15) is 6.04 Å². The first-order valence-electron chi connectivity index (χ1n) is 6.47. The molecule has 0 aromatic carbocycles. The minimum Gasteiger partial charge on any atom is -0.472 e. The third kappa shape index (κ3) is 3.16. The molecule has 5 heteroatoms. The number of carbonyl (C=O) groups excluding carboxylic acids is 2. The minimum absolute atomic E-state index is 0.0282. The molecule has 2 rings (SSSR count). The fraction of sp³-hybridized carbons (Fsp3) is 0.571. The molecule has 1 aromatic heterocycles. The van der Waals surface area contributed by atoms with Crippen molar-refractivity contribution in [2.45, 2.75) is 39.8 Å². The highest BCUT2D eigenvalue weighted by Crippen LogP contribution is 2.23. The molecule has 0 radical (unpaired) electrons. The lowest BCUT2D eigenvalue weighted by molar-refractivity contribution is -0.136. The SMILES string of the molecule is CC(C)(C)C1NC(=O)CCN(Cc2ccoc2)C1=O. The first-order chi connectivity index (χ1) is 8.88. The fourth-order valence-electron chi connectivity index (χ4n) is 2.17. The van der Waals surface area contributed by atoms with Crippen molar-refractivity contribution in [3.05, 3.63) is 24.2 Å². The summed E-state index contributed by atoms with van der Waals surface area (Å²) in [6.45, 7) is 6.80. The normalized spacial score (nSPS) is 21.2. The van der Waals surface area contributed by atoms with E-state index in [1.807, 2.05) is 26.8 Å². The average molecular weight is 264 g/mol. The molecule has 1 aliphatic rings. The second kappa shape index (κ2) is 5.07. The van der Waals surface area contributed by atoms with Crippen molar-refractivity contribution < 1.29 is 14.0 Å².